The average Bonchev–Trinajstić information content (AvgIpc) is 2.73. The predicted molar refractivity (Wildman–Crippen MR) is 115 cm³/mol. The molecule has 2 aromatic carbocycles. The molecule has 7 heteroatoms. The summed E-state index contributed by atoms with van der Waals surface area (Å²) in [7, 11) is 0. The summed E-state index contributed by atoms with van der Waals surface area (Å²) in [6.07, 6.45) is 1.62. The highest BCUT2D eigenvalue weighted by atomic mass is 32.2. The van der Waals surface area contributed by atoms with Gasteiger partial charge in [0.05, 0.1) is 5.56 Å². The van der Waals surface area contributed by atoms with E-state index in [0.29, 0.717) is 27.6 Å². The maximum Gasteiger partial charge on any atom is 0.336 e. The summed E-state index contributed by atoms with van der Waals surface area (Å²) in [5, 5.41) is 4.21. The van der Waals surface area contributed by atoms with Crippen LogP contribution in [0.2, 0.25) is 0 Å². The molecule has 150 valence electrons. The van der Waals surface area contributed by atoms with E-state index in [-0.39, 0.29) is 11.7 Å². The highest BCUT2D eigenvalue weighted by Crippen LogP contribution is 2.26. The summed E-state index contributed by atoms with van der Waals surface area (Å²) < 4.78 is 18.3. The van der Waals surface area contributed by atoms with Crippen LogP contribution in [0.15, 0.2) is 81.1 Å². The van der Waals surface area contributed by atoms with Crippen molar-refractivity contribution in [2.75, 3.05) is 5.32 Å². The smallest absolute Gasteiger partial charge is 0.336 e. The van der Waals surface area contributed by atoms with Gasteiger partial charge in [-0.05, 0) is 54.4 Å². The van der Waals surface area contributed by atoms with Crippen molar-refractivity contribution in [3.05, 3.63) is 99.8 Å². The number of aryl methyl sites for hydroxylation is 1. The van der Waals surface area contributed by atoms with E-state index < -0.39 is 5.63 Å². The van der Waals surface area contributed by atoms with Crippen LogP contribution in [0.4, 0.5) is 10.1 Å². The van der Waals surface area contributed by atoms with Gasteiger partial charge in [-0.1, -0.05) is 12.1 Å². The van der Waals surface area contributed by atoms with Crippen LogP contribution >= 0.6 is 11.8 Å². The quantitative estimate of drug-likeness (QED) is 0.356. The fourth-order valence-electron chi connectivity index (χ4n) is 3.01. The molecule has 1 N–H and O–H groups in total. The zero-order valence-electron chi connectivity index (χ0n) is 16.0. The molecule has 0 saturated carbocycles. The summed E-state index contributed by atoms with van der Waals surface area (Å²) in [6.45, 7) is 1.83. The number of aromatic nitrogens is 1. The first-order chi connectivity index (χ1) is 14.5. The maximum atomic E-state index is 13.1. The first-order valence-electron chi connectivity index (χ1n) is 9.18. The number of pyridine rings is 1. The van der Waals surface area contributed by atoms with E-state index in [1.807, 2.05) is 6.92 Å². The Hall–Kier alpha value is -3.45. The van der Waals surface area contributed by atoms with Gasteiger partial charge in [0.1, 0.15) is 16.4 Å². The minimum atomic E-state index is -0.435. The van der Waals surface area contributed by atoms with Gasteiger partial charge in [-0.3, -0.25) is 4.79 Å². The zero-order chi connectivity index (χ0) is 21.1. The Labute approximate surface area is 176 Å². The molecule has 0 spiro atoms. The molecule has 2 aromatic heterocycles. The Morgan fingerprint density at radius 1 is 1.13 bits per heavy atom. The third-order valence-corrected chi connectivity index (χ3v) is 5.59. The molecule has 0 fully saturated rings. The van der Waals surface area contributed by atoms with Gasteiger partial charge >= 0.3 is 5.63 Å². The van der Waals surface area contributed by atoms with Crippen LogP contribution in [-0.2, 0) is 5.75 Å². The Morgan fingerprint density at radius 2 is 1.93 bits per heavy atom. The molecule has 0 aliphatic carbocycles. The second-order valence-electron chi connectivity index (χ2n) is 6.68. The lowest BCUT2D eigenvalue weighted by Crippen LogP contribution is -2.13. The largest absolute Gasteiger partial charge is 0.423 e. The number of anilines is 1. The molecule has 0 aliphatic heterocycles. The third kappa shape index (κ3) is 4.41. The number of fused-ring (bicyclic) bond motifs is 1. The van der Waals surface area contributed by atoms with Crippen molar-refractivity contribution in [2.45, 2.75) is 17.7 Å². The van der Waals surface area contributed by atoms with Crippen LogP contribution < -0.4 is 10.9 Å². The minimum absolute atomic E-state index is 0.289. The monoisotopic (exact) mass is 420 g/mol. The molecule has 0 aliphatic rings. The molecule has 0 radical (unpaired) electrons. The van der Waals surface area contributed by atoms with Crippen molar-refractivity contribution in [1.82, 2.24) is 4.98 Å². The second-order valence-corrected chi connectivity index (χ2v) is 7.65. The lowest BCUT2D eigenvalue weighted by molar-refractivity contribution is 0.102. The average molecular weight is 420 g/mol. The first kappa shape index (κ1) is 19.8. The van der Waals surface area contributed by atoms with Crippen molar-refractivity contribution in [3.8, 4) is 0 Å². The topological polar surface area (TPSA) is 72.2 Å². The van der Waals surface area contributed by atoms with Crippen LogP contribution in [-0.4, -0.2) is 10.9 Å². The molecular formula is C23H17FN2O3S. The normalized spacial score (nSPS) is 10.9. The molecule has 0 unspecified atom stereocenters. The fourth-order valence-corrected chi connectivity index (χ4v) is 3.96. The molecule has 4 rings (SSSR count). The molecule has 0 saturated heterocycles. The number of nitrogens with zero attached hydrogens (tertiary/aromatic N) is 1. The summed E-state index contributed by atoms with van der Waals surface area (Å²) in [5.74, 6) is -0.0556. The standard InChI is InChI=1S/C23H17FN2O3S/c1-14-11-21(27)29-20-12-17(8-9-18(14)20)26-22(28)19-3-2-10-25-23(19)30-13-15-4-6-16(24)7-5-15/h2-12H,13H2,1H3,(H,26,28). The molecule has 0 atom stereocenters. The van der Waals surface area contributed by atoms with Gasteiger partial charge < -0.3 is 9.73 Å². The number of benzene rings is 2. The molecule has 2 heterocycles. The van der Waals surface area contributed by atoms with E-state index >= 15 is 0 Å². The van der Waals surface area contributed by atoms with Crippen LogP contribution in [0.5, 0.6) is 0 Å². The summed E-state index contributed by atoms with van der Waals surface area (Å²) >= 11 is 1.40. The predicted octanol–water partition coefficient (Wildman–Crippen LogP) is 5.18. The van der Waals surface area contributed by atoms with Gasteiger partial charge in [0.2, 0.25) is 0 Å². The van der Waals surface area contributed by atoms with Crippen LogP contribution in [0.25, 0.3) is 11.0 Å². The minimum Gasteiger partial charge on any atom is -0.423 e. The Kier molecular flexibility index (Phi) is 5.63. The summed E-state index contributed by atoms with van der Waals surface area (Å²) in [4.78, 5) is 28.8. The number of amides is 1. The number of carbonyl (C=O) groups is 1. The Bertz CT molecular complexity index is 1290. The second kappa shape index (κ2) is 8.51. The van der Waals surface area contributed by atoms with Crippen molar-refractivity contribution < 1.29 is 13.6 Å². The molecule has 1 amide bonds. The third-order valence-electron chi connectivity index (χ3n) is 4.51. The number of rotatable bonds is 5. The van der Waals surface area contributed by atoms with Crippen molar-refractivity contribution in [3.63, 3.8) is 0 Å². The number of hydrogen-bond donors (Lipinski definition) is 1. The highest BCUT2D eigenvalue weighted by molar-refractivity contribution is 7.98. The van der Waals surface area contributed by atoms with E-state index in [0.717, 1.165) is 16.5 Å². The van der Waals surface area contributed by atoms with Crippen molar-refractivity contribution in [1.29, 1.82) is 0 Å². The van der Waals surface area contributed by atoms with E-state index in [2.05, 4.69) is 10.3 Å². The molecule has 30 heavy (non-hydrogen) atoms. The number of hydrogen-bond acceptors (Lipinski definition) is 5. The maximum absolute atomic E-state index is 13.1. The Morgan fingerprint density at radius 3 is 2.73 bits per heavy atom. The Balaban J connectivity index is 1.54. The van der Waals surface area contributed by atoms with Gasteiger partial charge in [0, 0.05) is 35.2 Å². The first-order valence-corrected chi connectivity index (χ1v) is 10.2. The van der Waals surface area contributed by atoms with E-state index in [9.17, 15) is 14.0 Å². The SMILES string of the molecule is Cc1cc(=O)oc2cc(NC(=O)c3cccnc3SCc3ccc(F)cc3)ccc12. The molecular weight excluding hydrogens is 403 g/mol. The highest BCUT2D eigenvalue weighted by Gasteiger charge is 2.14. The summed E-state index contributed by atoms with van der Waals surface area (Å²) in [5.41, 5.74) is 2.66. The lowest BCUT2D eigenvalue weighted by atomic mass is 10.1. The van der Waals surface area contributed by atoms with E-state index in [4.69, 9.17) is 4.42 Å². The van der Waals surface area contributed by atoms with Crippen LogP contribution in [0.3, 0.4) is 0 Å². The van der Waals surface area contributed by atoms with E-state index in [1.165, 1.54) is 30.0 Å². The van der Waals surface area contributed by atoms with Crippen molar-refractivity contribution in [2.24, 2.45) is 0 Å². The van der Waals surface area contributed by atoms with Gasteiger partial charge in [0.25, 0.3) is 5.91 Å². The van der Waals surface area contributed by atoms with E-state index in [1.54, 1.807) is 48.7 Å². The van der Waals surface area contributed by atoms with Crippen LogP contribution in [0.1, 0.15) is 21.5 Å². The molecule has 4 aromatic rings. The van der Waals surface area contributed by atoms with Crippen molar-refractivity contribution >= 4 is 34.3 Å². The lowest BCUT2D eigenvalue weighted by Gasteiger charge is -2.10. The van der Waals surface area contributed by atoms with Gasteiger partial charge in [-0.15, -0.1) is 11.8 Å². The summed E-state index contributed by atoms with van der Waals surface area (Å²) in [6, 6.07) is 16.2. The van der Waals surface area contributed by atoms with Gasteiger partial charge in [-0.25, -0.2) is 14.2 Å². The molecule has 5 nitrogen and oxygen atoms in total. The van der Waals surface area contributed by atoms with Gasteiger partial charge in [0.15, 0.2) is 0 Å². The number of nitrogens with one attached hydrogen (secondary N) is 1. The number of carbonyl (C=O) groups excluding carboxylic acids is 1. The number of thioether (sulfide) groups is 1. The fraction of sp³-hybridized carbons (Fsp3) is 0.0870. The van der Waals surface area contributed by atoms with Gasteiger partial charge in [-0.2, -0.15) is 0 Å². The zero-order valence-corrected chi connectivity index (χ0v) is 16.8. The number of halogens is 1. The van der Waals surface area contributed by atoms with Crippen LogP contribution in [0, 0.1) is 12.7 Å². The molecule has 0 bridgehead atoms.